The summed E-state index contributed by atoms with van der Waals surface area (Å²) in [4.78, 5) is 20.4. The van der Waals surface area contributed by atoms with Crippen LogP contribution < -0.4 is 0 Å². The molecule has 21 heavy (non-hydrogen) atoms. The van der Waals surface area contributed by atoms with E-state index in [2.05, 4.69) is 9.97 Å². The van der Waals surface area contributed by atoms with Crippen molar-refractivity contribution < 1.29 is 9.90 Å². The fraction of sp³-hybridized carbons (Fsp3) is 0.353. The summed E-state index contributed by atoms with van der Waals surface area (Å²) in [5, 5.41) is 9.63. The molecule has 4 nitrogen and oxygen atoms in total. The van der Waals surface area contributed by atoms with Crippen LogP contribution in [0.25, 0.3) is 0 Å². The third-order valence-corrected chi connectivity index (χ3v) is 4.07. The Balaban J connectivity index is 1.96. The van der Waals surface area contributed by atoms with Gasteiger partial charge in [0.2, 0.25) is 0 Å². The molecule has 0 amide bonds. The predicted octanol–water partition coefficient (Wildman–Crippen LogP) is 2.77. The van der Waals surface area contributed by atoms with Crippen LogP contribution in [0.2, 0.25) is 0 Å². The van der Waals surface area contributed by atoms with E-state index in [9.17, 15) is 9.90 Å². The van der Waals surface area contributed by atoms with Crippen LogP contribution in [0.3, 0.4) is 0 Å². The Morgan fingerprint density at radius 1 is 1.14 bits per heavy atom. The topological polar surface area (TPSA) is 63.1 Å². The molecule has 1 aromatic carbocycles. The fourth-order valence-electron chi connectivity index (χ4n) is 3.00. The van der Waals surface area contributed by atoms with E-state index in [1.807, 2.05) is 30.3 Å². The van der Waals surface area contributed by atoms with Crippen molar-refractivity contribution in [1.29, 1.82) is 0 Å². The second-order valence-electron chi connectivity index (χ2n) is 5.47. The molecule has 1 aromatic heterocycles. The maximum Gasteiger partial charge on any atom is 0.312 e. The first-order valence-corrected chi connectivity index (χ1v) is 7.35. The number of fused-ring (bicyclic) bond motifs is 1. The molecule has 0 radical (unpaired) electrons. The maximum absolute atomic E-state index is 11.7. The van der Waals surface area contributed by atoms with Crippen molar-refractivity contribution >= 4 is 5.97 Å². The Labute approximate surface area is 123 Å². The van der Waals surface area contributed by atoms with Crippen molar-refractivity contribution in [2.24, 2.45) is 0 Å². The number of aliphatic carboxylic acids is 1. The minimum absolute atomic E-state index is 0.472. The molecule has 0 saturated carbocycles. The smallest absolute Gasteiger partial charge is 0.312 e. The summed E-state index contributed by atoms with van der Waals surface area (Å²) < 4.78 is 0. The summed E-state index contributed by atoms with van der Waals surface area (Å²) in [6.45, 7) is 0. The largest absolute Gasteiger partial charge is 0.481 e. The van der Waals surface area contributed by atoms with Crippen molar-refractivity contribution in [3.05, 3.63) is 59.2 Å². The normalized spacial score (nSPS) is 15.2. The first-order valence-electron chi connectivity index (χ1n) is 7.35. The molecular formula is C17H18N2O2. The quantitative estimate of drug-likeness (QED) is 0.936. The van der Waals surface area contributed by atoms with Crippen LogP contribution >= 0.6 is 0 Å². The summed E-state index contributed by atoms with van der Waals surface area (Å²) in [6.07, 6.45) is 6.03. The lowest BCUT2D eigenvalue weighted by molar-refractivity contribution is -0.138. The monoisotopic (exact) mass is 282 g/mol. The lowest BCUT2D eigenvalue weighted by atomic mass is 9.87. The summed E-state index contributed by atoms with van der Waals surface area (Å²) >= 11 is 0. The van der Waals surface area contributed by atoms with Gasteiger partial charge in [-0.05, 0) is 43.2 Å². The Hall–Kier alpha value is -2.23. The molecule has 1 heterocycles. The molecule has 0 spiro atoms. The zero-order valence-electron chi connectivity index (χ0n) is 11.8. The highest BCUT2D eigenvalue weighted by molar-refractivity contribution is 5.76. The van der Waals surface area contributed by atoms with E-state index in [1.54, 1.807) is 0 Å². The third kappa shape index (κ3) is 2.94. The van der Waals surface area contributed by atoms with Gasteiger partial charge in [-0.15, -0.1) is 0 Å². The molecule has 1 atom stereocenters. The highest BCUT2D eigenvalue weighted by Gasteiger charge is 2.27. The first-order chi connectivity index (χ1) is 10.3. The molecule has 0 aliphatic heterocycles. The summed E-state index contributed by atoms with van der Waals surface area (Å²) in [5.41, 5.74) is 3.82. The number of hydrogen-bond acceptors (Lipinski definition) is 3. The van der Waals surface area contributed by atoms with Gasteiger partial charge in [0.1, 0.15) is 12.2 Å². The summed E-state index contributed by atoms with van der Waals surface area (Å²) in [6, 6.07) is 9.73. The lowest BCUT2D eigenvalue weighted by Crippen LogP contribution is -2.20. The van der Waals surface area contributed by atoms with E-state index < -0.39 is 11.9 Å². The standard InChI is InChI=1S/C17H18N2O2/c20-17(21)14(10-12-6-2-1-3-7-12)16-13-8-4-5-9-15(13)18-11-19-16/h1-3,6-7,11,14H,4-5,8-10H2,(H,20,21). The summed E-state index contributed by atoms with van der Waals surface area (Å²) in [7, 11) is 0. The molecule has 3 rings (SSSR count). The van der Waals surface area contributed by atoms with Crippen LogP contribution in [-0.2, 0) is 24.1 Å². The minimum Gasteiger partial charge on any atom is -0.481 e. The molecule has 1 aliphatic carbocycles. The zero-order valence-corrected chi connectivity index (χ0v) is 11.8. The summed E-state index contributed by atoms with van der Waals surface area (Å²) in [5.74, 6) is -1.41. The van der Waals surface area contributed by atoms with Crippen molar-refractivity contribution in [3.63, 3.8) is 0 Å². The maximum atomic E-state index is 11.7. The number of rotatable bonds is 4. The second-order valence-corrected chi connectivity index (χ2v) is 5.47. The predicted molar refractivity (Wildman–Crippen MR) is 79.2 cm³/mol. The van der Waals surface area contributed by atoms with Crippen LogP contribution in [0.5, 0.6) is 0 Å². The lowest BCUT2D eigenvalue weighted by Gasteiger charge is -2.21. The minimum atomic E-state index is -0.815. The highest BCUT2D eigenvalue weighted by atomic mass is 16.4. The van der Waals surface area contributed by atoms with E-state index in [4.69, 9.17) is 0 Å². The van der Waals surface area contributed by atoms with Crippen LogP contribution in [-0.4, -0.2) is 21.0 Å². The molecule has 2 aromatic rings. The molecule has 0 saturated heterocycles. The van der Waals surface area contributed by atoms with Crippen molar-refractivity contribution in [3.8, 4) is 0 Å². The molecule has 0 fully saturated rings. The van der Waals surface area contributed by atoms with Gasteiger partial charge in [0.05, 0.1) is 5.69 Å². The average Bonchev–Trinajstić information content (AvgIpc) is 2.53. The van der Waals surface area contributed by atoms with Crippen molar-refractivity contribution in [1.82, 2.24) is 9.97 Å². The van der Waals surface area contributed by atoms with E-state index >= 15 is 0 Å². The van der Waals surface area contributed by atoms with Crippen LogP contribution in [0.15, 0.2) is 36.7 Å². The number of hydrogen-bond donors (Lipinski definition) is 1. The molecule has 1 aliphatic rings. The molecule has 0 bridgehead atoms. The Kier molecular flexibility index (Phi) is 3.95. The first kappa shape index (κ1) is 13.7. The van der Waals surface area contributed by atoms with E-state index in [0.717, 1.165) is 42.5 Å². The van der Waals surface area contributed by atoms with Gasteiger partial charge in [0, 0.05) is 5.69 Å². The molecule has 4 heteroatoms. The second kappa shape index (κ2) is 6.04. The van der Waals surface area contributed by atoms with E-state index in [1.165, 1.54) is 6.33 Å². The van der Waals surface area contributed by atoms with Gasteiger partial charge in [-0.1, -0.05) is 30.3 Å². The highest BCUT2D eigenvalue weighted by Crippen LogP contribution is 2.28. The van der Waals surface area contributed by atoms with Crippen LogP contribution in [0.4, 0.5) is 0 Å². The van der Waals surface area contributed by atoms with Gasteiger partial charge in [-0.2, -0.15) is 0 Å². The van der Waals surface area contributed by atoms with Crippen LogP contribution in [0, 0.1) is 0 Å². The van der Waals surface area contributed by atoms with Crippen molar-refractivity contribution in [2.75, 3.05) is 0 Å². The molecular weight excluding hydrogens is 264 g/mol. The Morgan fingerprint density at radius 2 is 1.90 bits per heavy atom. The van der Waals surface area contributed by atoms with Gasteiger partial charge in [0.15, 0.2) is 0 Å². The van der Waals surface area contributed by atoms with Crippen molar-refractivity contribution in [2.45, 2.75) is 38.0 Å². The van der Waals surface area contributed by atoms with E-state index in [0.29, 0.717) is 12.1 Å². The van der Waals surface area contributed by atoms with Gasteiger partial charge in [-0.3, -0.25) is 4.79 Å². The van der Waals surface area contributed by atoms with Gasteiger partial charge in [0.25, 0.3) is 0 Å². The van der Waals surface area contributed by atoms with Gasteiger partial charge in [-0.25, -0.2) is 9.97 Å². The zero-order chi connectivity index (χ0) is 14.7. The fourth-order valence-corrected chi connectivity index (χ4v) is 3.00. The van der Waals surface area contributed by atoms with Crippen LogP contribution in [0.1, 0.15) is 41.3 Å². The number of aryl methyl sites for hydroxylation is 1. The number of carboxylic acids is 1. The molecule has 1 N–H and O–H groups in total. The molecule has 1 unspecified atom stereocenters. The van der Waals surface area contributed by atoms with E-state index in [-0.39, 0.29) is 0 Å². The third-order valence-electron chi connectivity index (χ3n) is 4.07. The number of carboxylic acid groups (broad SMARTS) is 1. The number of nitrogens with zero attached hydrogens (tertiary/aromatic N) is 2. The molecule has 108 valence electrons. The van der Waals surface area contributed by atoms with Gasteiger partial charge >= 0.3 is 5.97 Å². The number of carbonyl (C=O) groups is 1. The Bertz CT molecular complexity index is 640. The average molecular weight is 282 g/mol. The number of benzene rings is 1. The number of aromatic nitrogens is 2. The Morgan fingerprint density at radius 3 is 2.67 bits per heavy atom. The SMILES string of the molecule is O=C(O)C(Cc1ccccc1)c1ncnc2c1CCCC2. The van der Waals surface area contributed by atoms with Gasteiger partial charge < -0.3 is 5.11 Å².